The number of terminal acetylenes is 1. The fraction of sp³-hybridized carbons (Fsp3) is 0.0909. The lowest BCUT2D eigenvalue weighted by Gasteiger charge is -2.14. The molecule has 0 spiro atoms. The molecule has 0 aliphatic rings. The molecular weight excluding hydrogens is 733 g/mol. The zero-order valence-electron chi connectivity index (χ0n) is 30.0. The van der Waals surface area contributed by atoms with Gasteiger partial charge in [-0.25, -0.2) is 14.4 Å². The number of phenols is 2. The van der Waals surface area contributed by atoms with Crippen LogP contribution >= 0.6 is 0 Å². The van der Waals surface area contributed by atoms with Crippen molar-refractivity contribution < 1.29 is 33.0 Å². The summed E-state index contributed by atoms with van der Waals surface area (Å²) in [5.74, 6) is 4.51. The number of fused-ring (bicyclic) bond motifs is 4. The van der Waals surface area contributed by atoms with Crippen LogP contribution in [-0.2, 0) is 0 Å². The van der Waals surface area contributed by atoms with E-state index in [1.165, 1.54) is 30.3 Å². The average Bonchev–Trinajstić information content (AvgIpc) is 3.15. The summed E-state index contributed by atoms with van der Waals surface area (Å²) in [7, 11) is -1.69. The normalized spacial score (nSPS) is 11.9. The largest absolute Gasteiger partial charge is 0.506 e. The highest BCUT2D eigenvalue weighted by Crippen LogP contribution is 2.46. The van der Waals surface area contributed by atoms with E-state index in [0.717, 1.165) is 5.56 Å². The van der Waals surface area contributed by atoms with E-state index in [9.17, 15) is 34.5 Å². The van der Waals surface area contributed by atoms with Gasteiger partial charge in [0.1, 0.15) is 47.1 Å². The third-order valence-electron chi connectivity index (χ3n) is 9.88. The number of aromatic hydroxyl groups is 3. The number of aryl methyl sites for hydroxylation is 1. The second-order valence-corrected chi connectivity index (χ2v) is 19.2. The van der Waals surface area contributed by atoms with Gasteiger partial charge in [0, 0.05) is 48.8 Å². The molecule has 0 radical (unpaired) electrons. The van der Waals surface area contributed by atoms with E-state index in [2.05, 4.69) is 37.0 Å². The van der Waals surface area contributed by atoms with E-state index in [4.69, 9.17) is 24.1 Å². The minimum atomic E-state index is -1.69. The van der Waals surface area contributed by atoms with Gasteiger partial charge < -0.3 is 33.0 Å². The fourth-order valence-corrected chi connectivity index (χ4v) is 8.04. The highest BCUT2D eigenvalue weighted by atomic mass is 28.3. The summed E-state index contributed by atoms with van der Waals surface area (Å²) >= 11 is 0. The lowest BCUT2D eigenvalue weighted by Crippen LogP contribution is -2.16. The average molecular weight is 759 g/mol. The number of hydrogen-bond acceptors (Lipinski definition) is 11. The van der Waals surface area contributed by atoms with E-state index in [1.54, 1.807) is 24.3 Å². The minimum Gasteiger partial charge on any atom is -0.506 e. The van der Waals surface area contributed by atoms with Crippen molar-refractivity contribution in [2.24, 2.45) is 0 Å². The molecule has 4 aromatic heterocycles. The van der Waals surface area contributed by atoms with E-state index < -0.39 is 36.3 Å². The molecule has 0 bridgehead atoms. The van der Waals surface area contributed by atoms with Crippen LogP contribution < -0.4 is 22.3 Å². The standard InChI is InChI=1S/C24H18O5Si.C20H8O6/c1-12-6-5-7-14-16(12)22-19-18-15(28-24(27)20(19)21(14)25)9-8-13(10-11-30(2,3)4)17(18)23(26)29-22;1-2-8-6-7-11-14-12(8)19(23)26-18-13-9(4-3-5-10(13)21)17(22)16(15(14)18)20(24)25-11/h5-9,25H,1-4H3;1,3-7,22-23H. The molecule has 0 fully saturated rings. The topological polar surface area (TPSA) is 182 Å². The molecule has 11 nitrogen and oxygen atoms in total. The first-order valence-corrected chi connectivity index (χ1v) is 20.7. The molecular formula is C44H26O11Si. The van der Waals surface area contributed by atoms with Gasteiger partial charge in [-0.1, -0.05) is 61.8 Å². The molecule has 0 aliphatic heterocycles. The van der Waals surface area contributed by atoms with Crippen LogP contribution in [0, 0.1) is 30.7 Å². The molecule has 56 heavy (non-hydrogen) atoms. The summed E-state index contributed by atoms with van der Waals surface area (Å²) in [6, 6.07) is 15.9. The van der Waals surface area contributed by atoms with Gasteiger partial charge in [-0.2, -0.15) is 0 Å². The second kappa shape index (κ2) is 11.7. The van der Waals surface area contributed by atoms with Gasteiger partial charge in [0.05, 0.1) is 16.2 Å². The monoisotopic (exact) mass is 758 g/mol. The van der Waals surface area contributed by atoms with Gasteiger partial charge >= 0.3 is 16.9 Å². The van der Waals surface area contributed by atoms with Crippen molar-refractivity contribution in [1.29, 1.82) is 0 Å². The van der Waals surface area contributed by atoms with Gasteiger partial charge in [0.2, 0.25) is 0 Å². The van der Waals surface area contributed by atoms with Crippen molar-refractivity contribution in [3.63, 3.8) is 0 Å². The molecule has 0 atom stereocenters. The maximum absolute atomic E-state index is 13.1. The summed E-state index contributed by atoms with van der Waals surface area (Å²) in [5.41, 5.74) is 3.23. The van der Waals surface area contributed by atoms with E-state index >= 15 is 0 Å². The maximum Gasteiger partial charge on any atom is 0.348 e. The predicted octanol–water partition coefficient (Wildman–Crippen LogP) is 7.92. The van der Waals surface area contributed by atoms with Crippen LogP contribution in [-0.4, -0.2) is 23.4 Å². The molecule has 12 heteroatoms. The maximum atomic E-state index is 13.1. The first-order chi connectivity index (χ1) is 26.7. The van der Waals surface area contributed by atoms with Crippen molar-refractivity contribution in [2.75, 3.05) is 0 Å². The van der Waals surface area contributed by atoms with Crippen LogP contribution in [0.2, 0.25) is 19.6 Å². The zero-order valence-corrected chi connectivity index (χ0v) is 31.0. The van der Waals surface area contributed by atoms with Crippen LogP contribution in [0.1, 0.15) is 16.7 Å². The molecule has 0 unspecified atom stereocenters. The Balaban J connectivity index is 0.000000148. The predicted molar refractivity (Wildman–Crippen MR) is 217 cm³/mol. The van der Waals surface area contributed by atoms with E-state index in [0.29, 0.717) is 38.1 Å². The lowest BCUT2D eigenvalue weighted by molar-refractivity contribution is 0.348. The summed E-state index contributed by atoms with van der Waals surface area (Å²) < 4.78 is 22.1. The van der Waals surface area contributed by atoms with Crippen molar-refractivity contribution in [1.82, 2.24) is 0 Å². The molecule has 0 saturated heterocycles. The number of hydrogen-bond donors (Lipinski definition) is 3. The summed E-state index contributed by atoms with van der Waals surface area (Å²) in [5, 5.41) is 34.9. The lowest BCUT2D eigenvalue weighted by atomic mass is 9.94. The fourth-order valence-electron chi connectivity index (χ4n) is 7.53. The molecule has 10 aromatic rings. The van der Waals surface area contributed by atoms with Gasteiger partial charge in [0.25, 0.3) is 5.95 Å². The Labute approximate surface area is 313 Å². The number of phenolic OH excluding ortho intramolecular Hbond substituents is 2. The third kappa shape index (κ3) is 4.73. The molecule has 10 rings (SSSR count). The molecule has 6 aromatic carbocycles. The Morgan fingerprint density at radius 2 is 1.09 bits per heavy atom. The Bertz CT molecular complexity index is 3730. The first kappa shape index (κ1) is 34.2. The summed E-state index contributed by atoms with van der Waals surface area (Å²) in [6.07, 6.45) is 5.50. The van der Waals surface area contributed by atoms with Crippen LogP contribution in [0.5, 0.6) is 17.4 Å². The van der Waals surface area contributed by atoms with Crippen molar-refractivity contribution in [3.05, 3.63) is 119 Å². The summed E-state index contributed by atoms with van der Waals surface area (Å²) in [6.45, 7) is 8.21. The number of rotatable bonds is 0. The molecule has 272 valence electrons. The molecule has 0 amide bonds. The third-order valence-corrected chi connectivity index (χ3v) is 10.8. The first-order valence-electron chi connectivity index (χ1n) is 17.2. The molecule has 0 aliphatic carbocycles. The SMILES string of the molecule is C#Cc1ccc2oc(=O)c3c(O)c4cccc(=O)c4c4oc(O)c1c2c34.Cc1cccc2c(O)c3c(=O)oc4ccc(C#C[Si](C)(C)C)c5c(=O)oc(c12)c3c45. The second-order valence-electron chi connectivity index (χ2n) is 14.5. The van der Waals surface area contributed by atoms with Crippen molar-refractivity contribution >= 4 is 95.0 Å². The van der Waals surface area contributed by atoms with Gasteiger partial charge in [-0.15, -0.1) is 12.0 Å². The van der Waals surface area contributed by atoms with Crippen LogP contribution in [0.3, 0.4) is 0 Å². The van der Waals surface area contributed by atoms with Gasteiger partial charge in [-0.05, 0) is 42.8 Å². The highest BCUT2D eigenvalue weighted by molar-refractivity contribution is 6.83. The van der Waals surface area contributed by atoms with Gasteiger partial charge in [0.15, 0.2) is 11.0 Å². The Hall–Kier alpha value is -7.54. The molecule has 0 saturated carbocycles. The summed E-state index contributed by atoms with van der Waals surface area (Å²) in [4.78, 5) is 50.8. The minimum absolute atomic E-state index is 0.00419. The molecule has 3 N–H and O–H groups in total. The van der Waals surface area contributed by atoms with Crippen molar-refractivity contribution in [3.8, 4) is 41.3 Å². The van der Waals surface area contributed by atoms with E-state index in [1.807, 2.05) is 13.0 Å². The smallest absolute Gasteiger partial charge is 0.348 e. The molecule has 4 heterocycles. The van der Waals surface area contributed by atoms with Crippen molar-refractivity contribution in [2.45, 2.75) is 26.6 Å². The van der Waals surface area contributed by atoms with Crippen LogP contribution in [0.25, 0.3) is 87.0 Å². The number of benzene rings is 6. The Morgan fingerprint density at radius 3 is 1.70 bits per heavy atom. The van der Waals surface area contributed by atoms with Gasteiger partial charge in [-0.3, -0.25) is 4.79 Å². The van der Waals surface area contributed by atoms with Crippen LogP contribution in [0.4, 0.5) is 0 Å². The quantitative estimate of drug-likeness (QED) is 0.0449. The Kier molecular flexibility index (Phi) is 7.17. The zero-order chi connectivity index (χ0) is 39.5. The Morgan fingerprint density at radius 1 is 0.554 bits per heavy atom. The highest BCUT2D eigenvalue weighted by Gasteiger charge is 2.27. The van der Waals surface area contributed by atoms with Crippen LogP contribution in [0.15, 0.2) is 97.5 Å². The van der Waals surface area contributed by atoms with E-state index in [-0.39, 0.29) is 71.5 Å².